The van der Waals surface area contributed by atoms with Crippen LogP contribution in [-0.2, 0) is 9.59 Å². The van der Waals surface area contributed by atoms with E-state index in [2.05, 4.69) is 13.8 Å². The van der Waals surface area contributed by atoms with Gasteiger partial charge in [-0.1, -0.05) is 26.0 Å². The molecule has 1 saturated heterocycles. The van der Waals surface area contributed by atoms with Crippen molar-refractivity contribution in [3.63, 3.8) is 0 Å². The van der Waals surface area contributed by atoms with Crippen molar-refractivity contribution >= 4 is 23.1 Å². The maximum absolute atomic E-state index is 13.4. The molecule has 1 atom stereocenters. The molecule has 38 heavy (non-hydrogen) atoms. The zero-order valence-electron chi connectivity index (χ0n) is 22.3. The van der Waals surface area contributed by atoms with E-state index in [0.29, 0.717) is 46.6 Å². The highest BCUT2D eigenvalue weighted by molar-refractivity contribution is 6.51. The summed E-state index contributed by atoms with van der Waals surface area (Å²) in [5, 5.41) is 11.4. The van der Waals surface area contributed by atoms with Gasteiger partial charge in [0.2, 0.25) is 0 Å². The Labute approximate surface area is 223 Å². The molecular weight excluding hydrogens is 482 g/mol. The van der Waals surface area contributed by atoms with Gasteiger partial charge in [-0.05, 0) is 86.0 Å². The summed E-state index contributed by atoms with van der Waals surface area (Å²) >= 11 is 0. The predicted octanol–water partition coefficient (Wildman–Crippen LogP) is 6.14. The summed E-state index contributed by atoms with van der Waals surface area (Å²) in [4.78, 5) is 28.2. The number of amides is 1. The van der Waals surface area contributed by atoms with Gasteiger partial charge < -0.3 is 19.3 Å². The Morgan fingerprint density at radius 2 is 1.55 bits per heavy atom. The average Bonchev–Trinajstić information content (AvgIpc) is 3.17. The van der Waals surface area contributed by atoms with E-state index in [1.165, 1.54) is 4.90 Å². The summed E-state index contributed by atoms with van der Waals surface area (Å²) < 4.78 is 16.9. The van der Waals surface area contributed by atoms with E-state index in [9.17, 15) is 14.7 Å². The fraction of sp³-hybridized carbons (Fsp3) is 0.290. The second kappa shape index (κ2) is 11.4. The lowest BCUT2D eigenvalue weighted by Crippen LogP contribution is -2.29. The molecule has 1 unspecified atom stereocenters. The van der Waals surface area contributed by atoms with Crippen molar-refractivity contribution in [1.82, 2.24) is 0 Å². The summed E-state index contributed by atoms with van der Waals surface area (Å²) in [6.07, 6.45) is -0.00553. The molecule has 3 aromatic carbocycles. The first-order valence-electron chi connectivity index (χ1n) is 12.6. The minimum Gasteiger partial charge on any atom is -0.507 e. The zero-order valence-corrected chi connectivity index (χ0v) is 22.3. The molecule has 1 heterocycles. The number of aliphatic hydroxyl groups is 1. The molecule has 3 aromatic rings. The molecule has 1 aliphatic rings. The van der Waals surface area contributed by atoms with Crippen LogP contribution in [0, 0.1) is 5.92 Å². The molecule has 1 fully saturated rings. The number of hydrogen-bond donors (Lipinski definition) is 1. The molecule has 0 spiro atoms. The number of carbonyl (C=O) groups is 2. The number of hydrogen-bond acceptors (Lipinski definition) is 6. The fourth-order valence-electron chi connectivity index (χ4n) is 4.31. The Hall–Kier alpha value is -4.26. The maximum atomic E-state index is 13.4. The van der Waals surface area contributed by atoms with Gasteiger partial charge in [0.05, 0.1) is 31.4 Å². The van der Waals surface area contributed by atoms with Crippen LogP contribution in [0.2, 0.25) is 0 Å². The largest absolute Gasteiger partial charge is 0.507 e. The van der Waals surface area contributed by atoms with Crippen LogP contribution in [0.25, 0.3) is 5.76 Å². The number of rotatable bonds is 9. The zero-order chi connectivity index (χ0) is 27.4. The quantitative estimate of drug-likeness (QED) is 0.209. The summed E-state index contributed by atoms with van der Waals surface area (Å²) in [6, 6.07) is 20.1. The van der Waals surface area contributed by atoms with Crippen molar-refractivity contribution in [2.45, 2.75) is 39.8 Å². The highest BCUT2D eigenvalue weighted by Gasteiger charge is 2.47. The third kappa shape index (κ3) is 5.67. The first kappa shape index (κ1) is 26.8. The van der Waals surface area contributed by atoms with Gasteiger partial charge in [-0.15, -0.1) is 0 Å². The number of anilines is 1. The van der Waals surface area contributed by atoms with Gasteiger partial charge in [-0.3, -0.25) is 14.5 Å². The van der Waals surface area contributed by atoms with Gasteiger partial charge in [-0.25, -0.2) is 0 Å². The Morgan fingerprint density at radius 1 is 0.895 bits per heavy atom. The van der Waals surface area contributed by atoms with Crippen molar-refractivity contribution < 1.29 is 28.9 Å². The van der Waals surface area contributed by atoms with Crippen LogP contribution in [0.15, 0.2) is 78.4 Å². The summed E-state index contributed by atoms with van der Waals surface area (Å²) in [5.74, 6) is 0.496. The summed E-state index contributed by atoms with van der Waals surface area (Å²) in [5.41, 5.74) is 1.55. The lowest BCUT2D eigenvalue weighted by atomic mass is 9.95. The first-order valence-corrected chi connectivity index (χ1v) is 12.6. The van der Waals surface area contributed by atoms with E-state index in [4.69, 9.17) is 14.2 Å². The van der Waals surface area contributed by atoms with E-state index in [1.807, 2.05) is 13.8 Å². The minimum absolute atomic E-state index is 0.00149. The lowest BCUT2D eigenvalue weighted by Gasteiger charge is -2.26. The standard InChI is InChI=1S/C31H33NO6/c1-19(2)18-37-24-13-9-21(10-14-24)29(33)27-28(22-7-6-8-26(17-22)36-5)32(31(35)30(27)34)23-11-15-25(16-12-23)38-20(3)4/h6-17,19-20,28,33H,18H2,1-5H3/b29-27-. The first-order chi connectivity index (χ1) is 18.2. The molecule has 0 bridgehead atoms. The number of nitrogens with zero attached hydrogens (tertiary/aromatic N) is 1. The van der Waals surface area contributed by atoms with Crippen molar-refractivity contribution in [3.05, 3.63) is 89.5 Å². The molecule has 0 aromatic heterocycles. The van der Waals surface area contributed by atoms with Crippen molar-refractivity contribution in [3.8, 4) is 17.2 Å². The van der Waals surface area contributed by atoms with Gasteiger partial charge in [0.25, 0.3) is 11.7 Å². The Balaban J connectivity index is 1.80. The Morgan fingerprint density at radius 3 is 2.16 bits per heavy atom. The molecule has 4 rings (SSSR count). The topological polar surface area (TPSA) is 85.3 Å². The Kier molecular flexibility index (Phi) is 8.05. The second-order valence-electron chi connectivity index (χ2n) is 9.84. The van der Waals surface area contributed by atoms with Gasteiger partial charge in [0.1, 0.15) is 23.0 Å². The van der Waals surface area contributed by atoms with Crippen molar-refractivity contribution in [2.75, 3.05) is 18.6 Å². The third-order valence-electron chi connectivity index (χ3n) is 6.05. The molecule has 0 aliphatic carbocycles. The molecule has 0 saturated carbocycles. The van der Waals surface area contributed by atoms with Gasteiger partial charge >= 0.3 is 0 Å². The van der Waals surface area contributed by atoms with Gasteiger partial charge in [0.15, 0.2) is 0 Å². The number of carbonyl (C=O) groups excluding carboxylic acids is 2. The molecule has 1 N–H and O–H groups in total. The lowest BCUT2D eigenvalue weighted by molar-refractivity contribution is -0.132. The van der Waals surface area contributed by atoms with E-state index < -0.39 is 17.7 Å². The maximum Gasteiger partial charge on any atom is 0.300 e. The smallest absolute Gasteiger partial charge is 0.300 e. The van der Waals surface area contributed by atoms with Crippen molar-refractivity contribution in [1.29, 1.82) is 0 Å². The number of aliphatic hydroxyl groups excluding tert-OH is 1. The molecule has 7 nitrogen and oxygen atoms in total. The van der Waals surface area contributed by atoms with Crippen LogP contribution in [0.4, 0.5) is 5.69 Å². The van der Waals surface area contributed by atoms with E-state index >= 15 is 0 Å². The van der Waals surface area contributed by atoms with E-state index in [-0.39, 0.29) is 17.4 Å². The third-order valence-corrected chi connectivity index (χ3v) is 6.05. The van der Waals surface area contributed by atoms with E-state index in [0.717, 1.165) is 0 Å². The SMILES string of the molecule is COc1cccc(C2/C(=C(/O)c3ccc(OCC(C)C)cc3)C(=O)C(=O)N2c2ccc(OC(C)C)cc2)c1. The van der Waals surface area contributed by atoms with Crippen LogP contribution in [-0.4, -0.2) is 36.6 Å². The number of Topliss-reactive ketones (excluding diaryl/α,β-unsaturated/α-hetero) is 1. The van der Waals surface area contributed by atoms with Crippen LogP contribution in [0.3, 0.4) is 0 Å². The van der Waals surface area contributed by atoms with Crippen molar-refractivity contribution in [2.24, 2.45) is 5.92 Å². The molecular formula is C31H33NO6. The molecule has 1 aliphatic heterocycles. The predicted molar refractivity (Wildman–Crippen MR) is 147 cm³/mol. The van der Waals surface area contributed by atoms with E-state index in [1.54, 1.807) is 79.9 Å². The normalized spacial score (nSPS) is 16.8. The van der Waals surface area contributed by atoms with Crippen LogP contribution >= 0.6 is 0 Å². The highest BCUT2D eigenvalue weighted by Crippen LogP contribution is 2.43. The number of ketones is 1. The monoisotopic (exact) mass is 515 g/mol. The summed E-state index contributed by atoms with van der Waals surface area (Å²) in [7, 11) is 1.55. The number of methoxy groups -OCH3 is 1. The van der Waals surface area contributed by atoms with Crippen LogP contribution in [0.1, 0.15) is 44.9 Å². The second-order valence-corrected chi connectivity index (χ2v) is 9.84. The van der Waals surface area contributed by atoms with Gasteiger partial charge in [0, 0.05) is 11.3 Å². The molecule has 0 radical (unpaired) electrons. The average molecular weight is 516 g/mol. The Bertz CT molecular complexity index is 1330. The number of ether oxygens (including phenoxy) is 3. The molecule has 1 amide bonds. The van der Waals surface area contributed by atoms with Crippen LogP contribution in [0.5, 0.6) is 17.2 Å². The summed E-state index contributed by atoms with van der Waals surface area (Å²) in [6.45, 7) is 8.54. The highest BCUT2D eigenvalue weighted by atomic mass is 16.5. The number of benzene rings is 3. The minimum atomic E-state index is -0.862. The van der Waals surface area contributed by atoms with Gasteiger partial charge in [-0.2, -0.15) is 0 Å². The van der Waals surface area contributed by atoms with Crippen LogP contribution < -0.4 is 19.1 Å². The fourth-order valence-corrected chi connectivity index (χ4v) is 4.31. The molecule has 198 valence electrons. The molecule has 7 heteroatoms.